The molecule has 0 bridgehead atoms. The molecule has 0 spiro atoms. The molecule has 0 N–H and O–H groups in total. The van der Waals surface area contributed by atoms with Gasteiger partial charge in [0, 0.05) is 12.5 Å². The summed E-state index contributed by atoms with van der Waals surface area (Å²) in [5.74, 6) is 1.61. The molecular formula is C18H19F3O3. The standard InChI is InChI=1S/C18H19F3O3/c1-2-22-16-8-4-9-17(13-16)24-11-5-10-23-15-7-3-6-14(12-15)18(19,20)21/h3-4,6-9,12-13H,2,5,10-11H2,1H3. The Morgan fingerprint density at radius 2 is 1.33 bits per heavy atom. The SMILES string of the molecule is CCOc1cccc(OCCCOc2cccc(C(F)(F)F)c2)c1. The highest BCUT2D eigenvalue weighted by Crippen LogP contribution is 2.31. The van der Waals surface area contributed by atoms with Crippen LogP contribution in [0.4, 0.5) is 13.2 Å². The van der Waals surface area contributed by atoms with Gasteiger partial charge < -0.3 is 14.2 Å². The van der Waals surface area contributed by atoms with Gasteiger partial charge in [-0.25, -0.2) is 0 Å². The highest BCUT2D eigenvalue weighted by atomic mass is 19.4. The zero-order valence-electron chi connectivity index (χ0n) is 13.3. The maximum atomic E-state index is 12.6. The molecule has 0 radical (unpaired) electrons. The van der Waals surface area contributed by atoms with E-state index in [1.54, 1.807) is 6.07 Å². The lowest BCUT2D eigenvalue weighted by molar-refractivity contribution is -0.137. The Bertz CT molecular complexity index is 641. The summed E-state index contributed by atoms with van der Waals surface area (Å²) in [6, 6.07) is 12.1. The van der Waals surface area contributed by atoms with Crippen LogP contribution in [0.1, 0.15) is 18.9 Å². The summed E-state index contributed by atoms with van der Waals surface area (Å²) in [6.45, 7) is 3.15. The van der Waals surface area contributed by atoms with Crippen LogP contribution in [0.5, 0.6) is 17.2 Å². The third kappa shape index (κ3) is 5.68. The van der Waals surface area contributed by atoms with E-state index < -0.39 is 11.7 Å². The van der Waals surface area contributed by atoms with Gasteiger partial charge >= 0.3 is 6.18 Å². The average Bonchev–Trinajstić information content (AvgIpc) is 2.55. The van der Waals surface area contributed by atoms with E-state index in [-0.39, 0.29) is 12.4 Å². The first kappa shape index (κ1) is 18.0. The van der Waals surface area contributed by atoms with Crippen molar-refractivity contribution in [2.45, 2.75) is 19.5 Å². The molecule has 0 atom stereocenters. The summed E-state index contributed by atoms with van der Waals surface area (Å²) in [4.78, 5) is 0. The first-order chi connectivity index (χ1) is 11.5. The minimum atomic E-state index is -4.37. The summed E-state index contributed by atoms with van der Waals surface area (Å²) in [6.07, 6.45) is -3.82. The molecule has 2 aromatic carbocycles. The topological polar surface area (TPSA) is 27.7 Å². The molecule has 0 fully saturated rings. The fourth-order valence-corrected chi connectivity index (χ4v) is 2.02. The molecule has 0 saturated heterocycles. The number of hydrogen-bond acceptors (Lipinski definition) is 3. The zero-order valence-corrected chi connectivity index (χ0v) is 13.3. The average molecular weight is 340 g/mol. The third-order valence-corrected chi connectivity index (χ3v) is 3.10. The van der Waals surface area contributed by atoms with Crippen LogP contribution in [0, 0.1) is 0 Å². The van der Waals surface area contributed by atoms with Crippen LogP contribution in [0.15, 0.2) is 48.5 Å². The Morgan fingerprint density at radius 3 is 1.92 bits per heavy atom. The van der Waals surface area contributed by atoms with Gasteiger partial charge in [-0.2, -0.15) is 13.2 Å². The number of ether oxygens (including phenoxy) is 3. The molecule has 0 unspecified atom stereocenters. The molecular weight excluding hydrogens is 321 g/mol. The maximum absolute atomic E-state index is 12.6. The molecule has 6 heteroatoms. The Kier molecular flexibility index (Phi) is 6.35. The summed E-state index contributed by atoms with van der Waals surface area (Å²) >= 11 is 0. The van der Waals surface area contributed by atoms with Crippen LogP contribution in [-0.2, 0) is 6.18 Å². The van der Waals surface area contributed by atoms with Crippen molar-refractivity contribution >= 4 is 0 Å². The van der Waals surface area contributed by atoms with Crippen LogP contribution >= 0.6 is 0 Å². The Labute approximate surface area is 139 Å². The quantitative estimate of drug-likeness (QED) is 0.636. The molecule has 3 nitrogen and oxygen atoms in total. The van der Waals surface area contributed by atoms with E-state index in [2.05, 4.69) is 0 Å². The molecule has 130 valence electrons. The molecule has 0 saturated carbocycles. The third-order valence-electron chi connectivity index (χ3n) is 3.10. The minimum absolute atomic E-state index is 0.197. The number of benzene rings is 2. The van der Waals surface area contributed by atoms with Crippen molar-refractivity contribution in [3.05, 3.63) is 54.1 Å². The summed E-state index contributed by atoms with van der Waals surface area (Å²) in [5, 5.41) is 0. The molecule has 0 aliphatic rings. The number of alkyl halides is 3. The van der Waals surface area contributed by atoms with Crippen molar-refractivity contribution in [3.63, 3.8) is 0 Å². The smallest absolute Gasteiger partial charge is 0.416 e. The van der Waals surface area contributed by atoms with E-state index in [1.807, 2.05) is 25.1 Å². The molecule has 0 aromatic heterocycles. The van der Waals surface area contributed by atoms with Gasteiger partial charge in [-0.15, -0.1) is 0 Å². The molecule has 2 aromatic rings. The van der Waals surface area contributed by atoms with Crippen LogP contribution in [-0.4, -0.2) is 19.8 Å². The van der Waals surface area contributed by atoms with Gasteiger partial charge in [-0.3, -0.25) is 0 Å². The fraction of sp³-hybridized carbons (Fsp3) is 0.333. The van der Waals surface area contributed by atoms with E-state index >= 15 is 0 Å². The van der Waals surface area contributed by atoms with Gasteiger partial charge in [0.1, 0.15) is 17.2 Å². The molecule has 0 heterocycles. The Hall–Kier alpha value is -2.37. The van der Waals surface area contributed by atoms with Gasteiger partial charge in [-0.1, -0.05) is 12.1 Å². The number of rotatable bonds is 8. The van der Waals surface area contributed by atoms with Crippen molar-refractivity contribution < 1.29 is 27.4 Å². The lowest BCUT2D eigenvalue weighted by atomic mass is 10.2. The van der Waals surface area contributed by atoms with Crippen molar-refractivity contribution in [1.29, 1.82) is 0 Å². The van der Waals surface area contributed by atoms with Gasteiger partial charge in [-0.05, 0) is 37.3 Å². The molecule has 2 rings (SSSR count). The van der Waals surface area contributed by atoms with Gasteiger partial charge in [0.05, 0.1) is 25.4 Å². The fourth-order valence-electron chi connectivity index (χ4n) is 2.02. The van der Waals surface area contributed by atoms with Gasteiger partial charge in [0.25, 0.3) is 0 Å². The van der Waals surface area contributed by atoms with E-state index in [1.165, 1.54) is 12.1 Å². The molecule has 0 aliphatic heterocycles. The zero-order chi connectivity index (χ0) is 17.4. The second kappa shape index (κ2) is 8.47. The van der Waals surface area contributed by atoms with Crippen molar-refractivity contribution in [2.75, 3.05) is 19.8 Å². The van der Waals surface area contributed by atoms with Crippen LogP contribution in [0.2, 0.25) is 0 Å². The summed E-state index contributed by atoms with van der Waals surface area (Å²) in [7, 11) is 0. The molecule has 24 heavy (non-hydrogen) atoms. The van der Waals surface area contributed by atoms with Crippen molar-refractivity contribution in [2.24, 2.45) is 0 Å². The van der Waals surface area contributed by atoms with E-state index in [9.17, 15) is 13.2 Å². The number of hydrogen-bond donors (Lipinski definition) is 0. The largest absolute Gasteiger partial charge is 0.494 e. The van der Waals surface area contributed by atoms with E-state index in [0.29, 0.717) is 25.4 Å². The lowest BCUT2D eigenvalue weighted by Gasteiger charge is -2.11. The summed E-state index contributed by atoms with van der Waals surface area (Å²) in [5.41, 5.74) is -0.719. The Balaban J connectivity index is 1.74. The highest BCUT2D eigenvalue weighted by molar-refractivity contribution is 5.33. The van der Waals surface area contributed by atoms with Gasteiger partial charge in [0.2, 0.25) is 0 Å². The monoisotopic (exact) mass is 340 g/mol. The van der Waals surface area contributed by atoms with Crippen molar-refractivity contribution in [3.8, 4) is 17.2 Å². The van der Waals surface area contributed by atoms with Crippen LogP contribution in [0.25, 0.3) is 0 Å². The predicted molar refractivity (Wildman–Crippen MR) is 84.7 cm³/mol. The number of halogens is 3. The maximum Gasteiger partial charge on any atom is 0.416 e. The van der Waals surface area contributed by atoms with E-state index in [4.69, 9.17) is 14.2 Å². The van der Waals surface area contributed by atoms with Gasteiger partial charge in [0.15, 0.2) is 0 Å². The van der Waals surface area contributed by atoms with Crippen LogP contribution in [0.3, 0.4) is 0 Å². The normalized spacial score (nSPS) is 11.2. The molecule has 0 aliphatic carbocycles. The predicted octanol–water partition coefficient (Wildman–Crippen LogP) is 4.95. The first-order valence-electron chi connectivity index (χ1n) is 7.65. The lowest BCUT2D eigenvalue weighted by Crippen LogP contribution is -2.07. The van der Waals surface area contributed by atoms with Crippen molar-refractivity contribution in [1.82, 2.24) is 0 Å². The first-order valence-corrected chi connectivity index (χ1v) is 7.65. The minimum Gasteiger partial charge on any atom is -0.494 e. The Morgan fingerprint density at radius 1 is 0.792 bits per heavy atom. The van der Waals surface area contributed by atoms with E-state index in [0.717, 1.165) is 17.9 Å². The second-order valence-electron chi connectivity index (χ2n) is 4.98. The summed E-state index contributed by atoms with van der Waals surface area (Å²) < 4.78 is 54.1. The highest BCUT2D eigenvalue weighted by Gasteiger charge is 2.30. The molecule has 0 amide bonds. The second-order valence-corrected chi connectivity index (χ2v) is 4.98. The van der Waals surface area contributed by atoms with Crippen LogP contribution < -0.4 is 14.2 Å².